The second kappa shape index (κ2) is 7.86. The predicted octanol–water partition coefficient (Wildman–Crippen LogP) is 3.23. The van der Waals surface area contributed by atoms with Gasteiger partial charge in [0, 0.05) is 29.0 Å². The molecule has 1 aromatic carbocycles. The molecule has 0 unspecified atom stereocenters. The van der Waals surface area contributed by atoms with Crippen LogP contribution >= 0.6 is 0 Å². The maximum Gasteiger partial charge on any atom is 0.336 e. The molecule has 144 valence electrons. The van der Waals surface area contributed by atoms with Crippen LogP contribution in [0.3, 0.4) is 0 Å². The fourth-order valence-corrected chi connectivity index (χ4v) is 3.84. The van der Waals surface area contributed by atoms with Crippen molar-refractivity contribution in [2.24, 2.45) is 0 Å². The number of methoxy groups -OCH3 is 2. The Balaban J connectivity index is 2.24. The Morgan fingerprint density at radius 1 is 1.22 bits per heavy atom. The molecule has 1 N–H and O–H groups in total. The summed E-state index contributed by atoms with van der Waals surface area (Å²) in [6, 6.07) is 5.41. The molecular weight excluding hydrogens is 346 g/mol. The summed E-state index contributed by atoms with van der Waals surface area (Å²) >= 11 is 0. The fraction of sp³-hybridized carbons (Fsp3) is 0.429. The van der Waals surface area contributed by atoms with E-state index in [-0.39, 0.29) is 12.4 Å². The lowest BCUT2D eigenvalue weighted by atomic mass is 9.75. The smallest absolute Gasteiger partial charge is 0.336 e. The van der Waals surface area contributed by atoms with Crippen LogP contribution in [0.25, 0.3) is 0 Å². The summed E-state index contributed by atoms with van der Waals surface area (Å²) in [5, 5.41) is 3.27. The van der Waals surface area contributed by atoms with Gasteiger partial charge in [0.05, 0.1) is 32.3 Å². The molecule has 0 saturated carbocycles. The molecule has 1 aromatic rings. The van der Waals surface area contributed by atoms with Crippen molar-refractivity contribution in [3.63, 3.8) is 0 Å². The highest BCUT2D eigenvalue weighted by atomic mass is 16.5. The number of benzene rings is 1. The molecule has 2 aliphatic rings. The molecular formula is C21H25NO5. The molecule has 1 atom stereocenters. The number of dihydropyridines is 1. The normalized spacial score (nSPS) is 19.4. The Labute approximate surface area is 159 Å². The molecule has 6 nitrogen and oxygen atoms in total. The van der Waals surface area contributed by atoms with Crippen LogP contribution < -0.4 is 14.8 Å². The van der Waals surface area contributed by atoms with E-state index in [4.69, 9.17) is 14.2 Å². The molecule has 27 heavy (non-hydrogen) atoms. The number of Topliss-reactive ketones (excluding diaryl/α,β-unsaturated/α-hetero) is 1. The quantitative estimate of drug-likeness (QED) is 0.801. The van der Waals surface area contributed by atoms with Gasteiger partial charge in [-0.2, -0.15) is 0 Å². The van der Waals surface area contributed by atoms with Gasteiger partial charge < -0.3 is 19.5 Å². The zero-order valence-corrected chi connectivity index (χ0v) is 16.2. The average molecular weight is 371 g/mol. The van der Waals surface area contributed by atoms with E-state index in [1.54, 1.807) is 33.3 Å². The monoisotopic (exact) mass is 371 g/mol. The van der Waals surface area contributed by atoms with Crippen molar-refractivity contribution >= 4 is 11.8 Å². The maximum absolute atomic E-state index is 12.9. The second-order valence-corrected chi connectivity index (χ2v) is 6.59. The number of carbonyl (C=O) groups is 2. The zero-order chi connectivity index (χ0) is 19.6. The maximum atomic E-state index is 12.9. The van der Waals surface area contributed by atoms with Crippen LogP contribution in [0.4, 0.5) is 0 Å². The zero-order valence-electron chi connectivity index (χ0n) is 16.2. The van der Waals surface area contributed by atoms with Gasteiger partial charge in [-0.1, -0.05) is 0 Å². The molecule has 0 spiro atoms. The van der Waals surface area contributed by atoms with Gasteiger partial charge in [-0.3, -0.25) is 4.79 Å². The molecule has 0 saturated heterocycles. The van der Waals surface area contributed by atoms with Gasteiger partial charge in [0.1, 0.15) is 11.5 Å². The number of hydrogen-bond donors (Lipinski definition) is 1. The van der Waals surface area contributed by atoms with Gasteiger partial charge in [-0.15, -0.1) is 0 Å². The van der Waals surface area contributed by atoms with E-state index in [1.807, 2.05) is 13.0 Å². The first kappa shape index (κ1) is 19.0. The summed E-state index contributed by atoms with van der Waals surface area (Å²) in [5.74, 6) is 0.312. The molecule has 0 radical (unpaired) electrons. The largest absolute Gasteiger partial charge is 0.497 e. The SMILES string of the molecule is CCOC(=O)C1=C(C)NC2=C(C(=O)CCC2)[C@H]1c1cc(OC)ccc1OC. The number of rotatable bonds is 5. The van der Waals surface area contributed by atoms with Gasteiger partial charge in [-0.25, -0.2) is 4.79 Å². The van der Waals surface area contributed by atoms with Gasteiger partial charge in [-0.05, 0) is 44.9 Å². The molecule has 0 fully saturated rings. The van der Waals surface area contributed by atoms with E-state index in [1.165, 1.54) is 0 Å². The van der Waals surface area contributed by atoms with Crippen LogP contribution in [0.1, 0.15) is 44.6 Å². The van der Waals surface area contributed by atoms with E-state index in [2.05, 4.69) is 5.32 Å². The highest BCUT2D eigenvalue weighted by Crippen LogP contribution is 2.46. The molecule has 3 rings (SSSR count). The molecule has 0 aromatic heterocycles. The van der Waals surface area contributed by atoms with E-state index in [0.29, 0.717) is 34.8 Å². The van der Waals surface area contributed by atoms with Gasteiger partial charge in [0.25, 0.3) is 0 Å². The van der Waals surface area contributed by atoms with Gasteiger partial charge in [0.2, 0.25) is 0 Å². The molecule has 0 bridgehead atoms. The van der Waals surface area contributed by atoms with Crippen LogP contribution in [-0.2, 0) is 14.3 Å². The highest BCUT2D eigenvalue weighted by molar-refractivity contribution is 6.04. The Morgan fingerprint density at radius 3 is 2.67 bits per heavy atom. The number of ether oxygens (including phenoxy) is 3. The Morgan fingerprint density at radius 2 is 2.00 bits per heavy atom. The van der Waals surface area contributed by atoms with E-state index >= 15 is 0 Å². The lowest BCUT2D eigenvalue weighted by Crippen LogP contribution is -2.34. The van der Waals surface area contributed by atoms with Crippen molar-refractivity contribution in [2.45, 2.75) is 39.0 Å². The van der Waals surface area contributed by atoms with Crippen molar-refractivity contribution in [2.75, 3.05) is 20.8 Å². The predicted molar refractivity (Wildman–Crippen MR) is 101 cm³/mol. The summed E-state index contributed by atoms with van der Waals surface area (Å²) < 4.78 is 16.2. The number of hydrogen-bond acceptors (Lipinski definition) is 6. The molecule has 0 amide bonds. The minimum absolute atomic E-state index is 0.0490. The summed E-state index contributed by atoms with van der Waals surface area (Å²) in [6.07, 6.45) is 2.05. The first-order valence-corrected chi connectivity index (χ1v) is 9.14. The van der Waals surface area contributed by atoms with Crippen LogP contribution in [0, 0.1) is 0 Å². The van der Waals surface area contributed by atoms with Crippen LogP contribution in [0.2, 0.25) is 0 Å². The third-order valence-electron chi connectivity index (χ3n) is 5.02. The van der Waals surface area contributed by atoms with Crippen LogP contribution in [0.15, 0.2) is 40.7 Å². The Bertz CT molecular complexity index is 837. The van der Waals surface area contributed by atoms with Crippen molar-refractivity contribution < 1.29 is 23.8 Å². The lowest BCUT2D eigenvalue weighted by Gasteiger charge is -2.34. The summed E-state index contributed by atoms with van der Waals surface area (Å²) in [6.45, 7) is 3.87. The number of carbonyl (C=O) groups excluding carboxylic acids is 2. The van der Waals surface area contributed by atoms with E-state index in [9.17, 15) is 9.59 Å². The topological polar surface area (TPSA) is 73.9 Å². The third-order valence-corrected chi connectivity index (χ3v) is 5.02. The molecule has 6 heteroatoms. The van der Waals surface area contributed by atoms with Crippen LogP contribution in [0.5, 0.6) is 11.5 Å². The standard InChI is InChI=1S/C21H25NO5/c1-5-27-21(24)18-12(2)22-15-7-6-8-16(23)20(15)19(18)14-11-13(25-3)9-10-17(14)26-4/h9-11,19,22H,5-8H2,1-4H3/t19-/m0/s1. The third kappa shape index (κ3) is 3.44. The summed E-state index contributed by atoms with van der Waals surface area (Å²) in [4.78, 5) is 25.7. The molecule has 1 aliphatic heterocycles. The first-order chi connectivity index (χ1) is 13.0. The summed E-state index contributed by atoms with van der Waals surface area (Å²) in [7, 11) is 3.16. The van der Waals surface area contributed by atoms with Crippen molar-refractivity contribution in [1.29, 1.82) is 0 Å². The van der Waals surface area contributed by atoms with E-state index in [0.717, 1.165) is 24.1 Å². The average Bonchev–Trinajstić information content (AvgIpc) is 2.66. The fourth-order valence-electron chi connectivity index (χ4n) is 3.84. The van der Waals surface area contributed by atoms with Gasteiger partial charge >= 0.3 is 5.97 Å². The van der Waals surface area contributed by atoms with Crippen molar-refractivity contribution in [3.8, 4) is 11.5 Å². The minimum atomic E-state index is -0.543. The second-order valence-electron chi connectivity index (χ2n) is 6.59. The number of ketones is 1. The number of nitrogens with one attached hydrogen (secondary N) is 1. The van der Waals surface area contributed by atoms with Crippen molar-refractivity contribution in [3.05, 3.63) is 46.3 Å². The summed E-state index contributed by atoms with van der Waals surface area (Å²) in [5.41, 5.74) is 3.38. The first-order valence-electron chi connectivity index (χ1n) is 9.14. The number of esters is 1. The van der Waals surface area contributed by atoms with E-state index < -0.39 is 11.9 Å². The Hall–Kier alpha value is -2.76. The lowest BCUT2D eigenvalue weighted by molar-refractivity contribution is -0.138. The Kier molecular flexibility index (Phi) is 5.54. The highest BCUT2D eigenvalue weighted by Gasteiger charge is 2.40. The number of allylic oxidation sites excluding steroid dienone is 3. The minimum Gasteiger partial charge on any atom is -0.497 e. The molecule has 1 heterocycles. The van der Waals surface area contributed by atoms with Crippen molar-refractivity contribution in [1.82, 2.24) is 5.32 Å². The molecule has 1 aliphatic carbocycles. The van der Waals surface area contributed by atoms with Crippen LogP contribution in [-0.4, -0.2) is 32.6 Å². The van der Waals surface area contributed by atoms with Gasteiger partial charge in [0.15, 0.2) is 5.78 Å².